The van der Waals surface area contributed by atoms with Gasteiger partial charge >= 0.3 is 0 Å². The van der Waals surface area contributed by atoms with E-state index in [1.165, 1.54) is 11.1 Å². The van der Waals surface area contributed by atoms with E-state index >= 15 is 0 Å². The Kier molecular flexibility index (Phi) is 4.13. The van der Waals surface area contributed by atoms with Crippen molar-refractivity contribution in [3.05, 3.63) is 68.1 Å². The topological polar surface area (TPSA) is 63.5 Å². The van der Waals surface area contributed by atoms with E-state index in [-0.39, 0.29) is 17.0 Å². The van der Waals surface area contributed by atoms with Crippen LogP contribution in [0.15, 0.2) is 35.3 Å². The van der Waals surface area contributed by atoms with Gasteiger partial charge in [0.2, 0.25) is 0 Å². The second kappa shape index (κ2) is 6.44. The molecule has 25 heavy (non-hydrogen) atoms. The second-order valence-corrected chi connectivity index (χ2v) is 7.51. The molecule has 5 nitrogen and oxygen atoms in total. The van der Waals surface area contributed by atoms with Gasteiger partial charge in [-0.25, -0.2) is 4.98 Å². The first-order valence-corrected chi connectivity index (χ1v) is 9.31. The number of amides is 1. The minimum Gasteiger partial charge on any atom is -0.348 e. The summed E-state index contributed by atoms with van der Waals surface area (Å²) in [4.78, 5) is 31.6. The van der Waals surface area contributed by atoms with Crippen LogP contribution < -0.4 is 10.9 Å². The van der Waals surface area contributed by atoms with Gasteiger partial charge in [0.05, 0.1) is 0 Å². The van der Waals surface area contributed by atoms with E-state index in [1.54, 1.807) is 15.7 Å². The molecule has 0 aliphatic heterocycles. The van der Waals surface area contributed by atoms with Gasteiger partial charge in [-0.2, -0.15) is 0 Å². The molecule has 1 aromatic carbocycles. The fourth-order valence-corrected chi connectivity index (χ4v) is 4.49. The molecule has 0 saturated heterocycles. The Morgan fingerprint density at radius 2 is 2.16 bits per heavy atom. The standard InChI is InChI=1S/C19H19N3O2S/c1-12-5-4-6-13(9-12)10-20-17(23)14-11-21-19-22(18(14)24)15-7-2-3-8-16(15)25-19/h4-6,9,11H,2-3,7-8,10H2,1H3,(H,20,23). The molecule has 4 rings (SSSR count). The number of aromatic nitrogens is 2. The zero-order chi connectivity index (χ0) is 17.4. The molecule has 0 unspecified atom stereocenters. The zero-order valence-corrected chi connectivity index (χ0v) is 14.9. The fourth-order valence-electron chi connectivity index (χ4n) is 3.32. The number of aryl methyl sites for hydroxylation is 3. The van der Waals surface area contributed by atoms with E-state index in [4.69, 9.17) is 0 Å². The van der Waals surface area contributed by atoms with Crippen LogP contribution >= 0.6 is 11.3 Å². The third-order valence-electron chi connectivity index (χ3n) is 4.58. The maximum atomic E-state index is 12.8. The van der Waals surface area contributed by atoms with E-state index in [0.717, 1.165) is 42.5 Å². The van der Waals surface area contributed by atoms with Crippen molar-refractivity contribution in [2.75, 3.05) is 0 Å². The van der Waals surface area contributed by atoms with Gasteiger partial charge in [0.15, 0.2) is 4.96 Å². The van der Waals surface area contributed by atoms with Crippen molar-refractivity contribution in [3.8, 4) is 0 Å². The van der Waals surface area contributed by atoms with Crippen molar-refractivity contribution < 1.29 is 4.79 Å². The highest BCUT2D eigenvalue weighted by Gasteiger charge is 2.21. The maximum Gasteiger partial charge on any atom is 0.271 e. The van der Waals surface area contributed by atoms with Crippen LogP contribution in [0.3, 0.4) is 0 Å². The summed E-state index contributed by atoms with van der Waals surface area (Å²) in [6.07, 6.45) is 5.52. The van der Waals surface area contributed by atoms with Crippen molar-refractivity contribution in [3.63, 3.8) is 0 Å². The number of thiazole rings is 1. The zero-order valence-electron chi connectivity index (χ0n) is 14.0. The molecule has 0 fully saturated rings. The fraction of sp³-hybridized carbons (Fsp3) is 0.316. The first kappa shape index (κ1) is 16.0. The minimum atomic E-state index is -0.371. The lowest BCUT2D eigenvalue weighted by atomic mass is 10.0. The predicted molar refractivity (Wildman–Crippen MR) is 98.3 cm³/mol. The highest BCUT2D eigenvalue weighted by atomic mass is 32.1. The minimum absolute atomic E-state index is 0.108. The molecule has 2 heterocycles. The Morgan fingerprint density at radius 1 is 1.32 bits per heavy atom. The lowest BCUT2D eigenvalue weighted by Crippen LogP contribution is -2.31. The Hall–Kier alpha value is -2.47. The van der Waals surface area contributed by atoms with Crippen LogP contribution in [0, 0.1) is 6.92 Å². The predicted octanol–water partition coefficient (Wildman–Crippen LogP) is 2.87. The molecule has 1 N–H and O–H groups in total. The molecule has 2 aromatic heterocycles. The summed E-state index contributed by atoms with van der Waals surface area (Å²) in [5, 5.41) is 2.83. The lowest BCUT2D eigenvalue weighted by molar-refractivity contribution is 0.0949. The third kappa shape index (κ3) is 2.98. The van der Waals surface area contributed by atoms with Crippen LogP contribution in [0.5, 0.6) is 0 Å². The summed E-state index contributed by atoms with van der Waals surface area (Å²) < 4.78 is 1.64. The number of rotatable bonds is 3. The average Bonchev–Trinajstić information content (AvgIpc) is 2.99. The summed E-state index contributed by atoms with van der Waals surface area (Å²) in [6.45, 7) is 2.40. The van der Waals surface area contributed by atoms with Crippen molar-refractivity contribution in [2.24, 2.45) is 0 Å². The van der Waals surface area contributed by atoms with E-state index in [1.807, 2.05) is 31.2 Å². The van der Waals surface area contributed by atoms with Gasteiger partial charge in [0.1, 0.15) is 5.56 Å². The van der Waals surface area contributed by atoms with Crippen molar-refractivity contribution in [1.82, 2.24) is 14.7 Å². The van der Waals surface area contributed by atoms with Crippen LogP contribution in [-0.2, 0) is 19.4 Å². The highest BCUT2D eigenvalue weighted by Crippen LogP contribution is 2.28. The summed E-state index contributed by atoms with van der Waals surface area (Å²) in [6, 6.07) is 7.94. The monoisotopic (exact) mass is 353 g/mol. The molecule has 1 aliphatic rings. The van der Waals surface area contributed by atoms with Gasteiger partial charge in [-0.15, -0.1) is 11.3 Å². The second-order valence-electron chi connectivity index (χ2n) is 6.45. The number of nitrogens with zero attached hydrogens (tertiary/aromatic N) is 2. The van der Waals surface area contributed by atoms with Crippen LogP contribution in [-0.4, -0.2) is 15.3 Å². The molecule has 0 spiro atoms. The Morgan fingerprint density at radius 3 is 3.00 bits per heavy atom. The average molecular weight is 353 g/mol. The summed E-state index contributed by atoms with van der Waals surface area (Å²) in [7, 11) is 0. The largest absolute Gasteiger partial charge is 0.348 e. The molecule has 0 saturated carbocycles. The van der Waals surface area contributed by atoms with Crippen molar-refractivity contribution >= 4 is 22.2 Å². The van der Waals surface area contributed by atoms with Crippen LogP contribution in [0.2, 0.25) is 0 Å². The van der Waals surface area contributed by atoms with Gasteiger partial charge in [-0.3, -0.25) is 14.0 Å². The number of fused-ring (bicyclic) bond motifs is 3. The summed E-state index contributed by atoms with van der Waals surface area (Å²) >= 11 is 1.57. The highest BCUT2D eigenvalue weighted by molar-refractivity contribution is 7.17. The van der Waals surface area contributed by atoms with Gasteiger partial charge < -0.3 is 5.32 Å². The van der Waals surface area contributed by atoms with Gasteiger partial charge in [0, 0.05) is 23.3 Å². The van der Waals surface area contributed by atoms with Gasteiger partial charge in [-0.05, 0) is 38.2 Å². The van der Waals surface area contributed by atoms with E-state index in [9.17, 15) is 9.59 Å². The van der Waals surface area contributed by atoms with E-state index in [0.29, 0.717) is 11.5 Å². The quantitative estimate of drug-likeness (QED) is 0.787. The number of carbonyl (C=O) groups is 1. The lowest BCUT2D eigenvalue weighted by Gasteiger charge is -2.10. The van der Waals surface area contributed by atoms with E-state index in [2.05, 4.69) is 10.3 Å². The molecule has 1 amide bonds. The Bertz CT molecular complexity index is 1020. The smallest absolute Gasteiger partial charge is 0.271 e. The van der Waals surface area contributed by atoms with Gasteiger partial charge in [-0.1, -0.05) is 29.8 Å². The summed E-state index contributed by atoms with van der Waals surface area (Å²) in [5.41, 5.74) is 3.04. The van der Waals surface area contributed by atoms with Crippen LogP contribution in [0.4, 0.5) is 0 Å². The first-order chi connectivity index (χ1) is 12.1. The first-order valence-electron chi connectivity index (χ1n) is 8.49. The molecular formula is C19H19N3O2S. The Balaban J connectivity index is 1.63. The SMILES string of the molecule is Cc1cccc(CNC(=O)c2cnc3sc4c(n3c2=O)CCCC4)c1. The normalized spacial score (nSPS) is 13.6. The van der Waals surface area contributed by atoms with Crippen LogP contribution in [0.25, 0.3) is 4.96 Å². The number of carbonyl (C=O) groups excluding carboxylic acids is 1. The molecule has 1 aliphatic carbocycles. The molecule has 128 valence electrons. The molecule has 0 atom stereocenters. The number of benzene rings is 1. The molecule has 0 radical (unpaired) electrons. The van der Waals surface area contributed by atoms with Crippen molar-refractivity contribution in [1.29, 1.82) is 0 Å². The number of hydrogen-bond acceptors (Lipinski definition) is 4. The number of hydrogen-bond donors (Lipinski definition) is 1. The summed E-state index contributed by atoms with van der Waals surface area (Å²) in [5.74, 6) is -0.371. The van der Waals surface area contributed by atoms with Gasteiger partial charge in [0.25, 0.3) is 11.5 Å². The van der Waals surface area contributed by atoms with E-state index < -0.39 is 0 Å². The molecule has 6 heteroatoms. The Labute approximate surface area is 149 Å². The maximum absolute atomic E-state index is 12.8. The molecular weight excluding hydrogens is 334 g/mol. The molecule has 3 aromatic rings. The van der Waals surface area contributed by atoms with Crippen molar-refractivity contribution in [2.45, 2.75) is 39.2 Å². The van der Waals surface area contributed by atoms with Crippen LogP contribution in [0.1, 0.15) is 44.9 Å². The third-order valence-corrected chi connectivity index (χ3v) is 5.74. The number of nitrogens with one attached hydrogen (secondary N) is 1. The molecule has 0 bridgehead atoms.